The molecule has 1 unspecified atom stereocenters. The number of fused-ring (bicyclic) bond motifs is 1. The number of carbonyl (C=O) groups is 1. The van der Waals surface area contributed by atoms with E-state index in [0.717, 1.165) is 9.87 Å². The van der Waals surface area contributed by atoms with E-state index in [1.165, 1.54) is 25.3 Å². The molecule has 0 bridgehead atoms. The summed E-state index contributed by atoms with van der Waals surface area (Å²) in [5.41, 5.74) is 1.28. The number of sulfonamides is 1. The summed E-state index contributed by atoms with van der Waals surface area (Å²) in [6.07, 6.45) is -0.442. The molecular weight excluding hydrogens is 499 g/mol. The zero-order chi connectivity index (χ0) is 24.3. The number of halogens is 2. The van der Waals surface area contributed by atoms with Crippen LogP contribution in [0.4, 0.5) is 5.69 Å². The largest absolute Gasteiger partial charge is 0.497 e. The first-order chi connectivity index (χ1) is 16.3. The summed E-state index contributed by atoms with van der Waals surface area (Å²) in [6, 6.07) is 18.0. The molecule has 1 atom stereocenters. The molecule has 178 valence electrons. The quantitative estimate of drug-likeness (QED) is 0.501. The third-order valence-corrected chi connectivity index (χ3v) is 7.64. The second-order valence-electron chi connectivity index (χ2n) is 7.60. The fraction of sp³-hybridized carbons (Fsp3) is 0.208. The van der Waals surface area contributed by atoms with Crippen LogP contribution in [-0.2, 0) is 21.2 Å². The molecule has 0 saturated heterocycles. The second kappa shape index (κ2) is 10.1. The molecule has 10 heteroatoms. The third kappa shape index (κ3) is 5.24. The molecule has 1 N–H and O–H groups in total. The van der Waals surface area contributed by atoms with Crippen LogP contribution in [0.2, 0.25) is 10.0 Å². The van der Waals surface area contributed by atoms with E-state index in [9.17, 15) is 13.2 Å². The van der Waals surface area contributed by atoms with Gasteiger partial charge < -0.3 is 14.8 Å². The van der Waals surface area contributed by atoms with Crippen molar-refractivity contribution >= 4 is 44.8 Å². The number of nitrogens with zero attached hydrogens (tertiary/aromatic N) is 1. The van der Waals surface area contributed by atoms with Crippen molar-refractivity contribution in [1.82, 2.24) is 5.32 Å². The van der Waals surface area contributed by atoms with Crippen LogP contribution >= 0.6 is 23.2 Å². The Balaban J connectivity index is 1.55. The molecule has 4 rings (SSSR count). The van der Waals surface area contributed by atoms with Crippen LogP contribution in [0.25, 0.3) is 0 Å². The second-order valence-corrected chi connectivity index (χ2v) is 10.3. The first kappa shape index (κ1) is 24.2. The van der Waals surface area contributed by atoms with Crippen LogP contribution in [0, 0.1) is 0 Å². The Morgan fingerprint density at radius 1 is 1.06 bits per heavy atom. The summed E-state index contributed by atoms with van der Waals surface area (Å²) < 4.78 is 39.1. The highest BCUT2D eigenvalue weighted by Crippen LogP contribution is 2.39. The molecule has 0 radical (unpaired) electrons. The molecule has 0 fully saturated rings. The predicted octanol–water partition coefficient (Wildman–Crippen LogP) is 4.32. The van der Waals surface area contributed by atoms with Crippen molar-refractivity contribution in [2.75, 3.05) is 24.5 Å². The molecular formula is C24H22Cl2N2O5S. The molecule has 1 aliphatic rings. The van der Waals surface area contributed by atoms with Gasteiger partial charge in [0.25, 0.3) is 15.9 Å². The summed E-state index contributed by atoms with van der Waals surface area (Å²) in [6.45, 7) is 0.160. The standard InChI is InChI=1S/C24H22Cl2N2O5S/c1-32-19-7-9-20(10-8-19)34(30,31)28-15-23(33-22-11-6-18(26)14-21(22)28)24(29)27-13-12-16-2-4-17(25)5-3-16/h2-11,14,23H,12-13,15H2,1H3,(H,27,29). The van der Waals surface area contributed by atoms with Gasteiger partial charge in [-0.1, -0.05) is 35.3 Å². The number of methoxy groups -OCH3 is 1. The maximum absolute atomic E-state index is 13.5. The van der Waals surface area contributed by atoms with Gasteiger partial charge in [-0.2, -0.15) is 0 Å². The average Bonchev–Trinajstić information content (AvgIpc) is 2.84. The Morgan fingerprint density at radius 3 is 2.41 bits per heavy atom. The Labute approximate surface area is 208 Å². The molecule has 3 aromatic carbocycles. The first-order valence-corrected chi connectivity index (χ1v) is 12.6. The zero-order valence-electron chi connectivity index (χ0n) is 18.2. The molecule has 7 nitrogen and oxygen atoms in total. The lowest BCUT2D eigenvalue weighted by Crippen LogP contribution is -2.51. The van der Waals surface area contributed by atoms with E-state index in [2.05, 4.69) is 5.32 Å². The van der Waals surface area contributed by atoms with E-state index in [4.69, 9.17) is 32.7 Å². The topological polar surface area (TPSA) is 84.9 Å². The Kier molecular flexibility index (Phi) is 7.21. The van der Waals surface area contributed by atoms with Gasteiger partial charge in [0.15, 0.2) is 6.10 Å². The molecule has 3 aromatic rings. The van der Waals surface area contributed by atoms with Crippen LogP contribution in [0.1, 0.15) is 5.56 Å². The maximum Gasteiger partial charge on any atom is 0.264 e. The van der Waals surface area contributed by atoms with Crippen molar-refractivity contribution < 1.29 is 22.7 Å². The fourth-order valence-corrected chi connectivity index (χ4v) is 5.32. The van der Waals surface area contributed by atoms with Crippen molar-refractivity contribution in [2.45, 2.75) is 17.4 Å². The minimum Gasteiger partial charge on any atom is -0.497 e. The molecule has 1 amide bonds. The van der Waals surface area contributed by atoms with Crippen LogP contribution < -0.4 is 19.1 Å². The number of rotatable bonds is 7. The average molecular weight is 521 g/mol. The first-order valence-electron chi connectivity index (χ1n) is 10.4. The summed E-state index contributed by atoms with van der Waals surface area (Å²) >= 11 is 12.0. The predicted molar refractivity (Wildman–Crippen MR) is 132 cm³/mol. The van der Waals surface area contributed by atoms with E-state index >= 15 is 0 Å². The van der Waals surface area contributed by atoms with Crippen LogP contribution in [0.5, 0.6) is 11.5 Å². The number of nitrogens with one attached hydrogen (secondary N) is 1. The van der Waals surface area contributed by atoms with Crippen LogP contribution in [0.15, 0.2) is 71.6 Å². The van der Waals surface area contributed by atoms with Gasteiger partial charge in [-0.15, -0.1) is 0 Å². The molecule has 0 aromatic heterocycles. The van der Waals surface area contributed by atoms with E-state index in [-0.39, 0.29) is 22.9 Å². The lowest BCUT2D eigenvalue weighted by atomic mass is 10.1. The number of anilines is 1. The number of amides is 1. The Hall–Kier alpha value is -2.94. The fourth-order valence-electron chi connectivity index (χ4n) is 3.56. The van der Waals surface area contributed by atoms with Gasteiger partial charge in [0.2, 0.25) is 0 Å². The van der Waals surface area contributed by atoms with Crippen molar-refractivity contribution in [3.63, 3.8) is 0 Å². The van der Waals surface area contributed by atoms with Gasteiger partial charge >= 0.3 is 0 Å². The highest BCUT2D eigenvalue weighted by molar-refractivity contribution is 7.92. The monoisotopic (exact) mass is 520 g/mol. The van der Waals surface area contributed by atoms with Crippen molar-refractivity contribution in [3.05, 3.63) is 82.3 Å². The van der Waals surface area contributed by atoms with Gasteiger partial charge in [0.05, 0.1) is 24.2 Å². The molecule has 0 spiro atoms. The smallest absolute Gasteiger partial charge is 0.264 e. The lowest BCUT2D eigenvalue weighted by Gasteiger charge is -2.35. The Bertz CT molecular complexity index is 1280. The Morgan fingerprint density at radius 2 is 1.74 bits per heavy atom. The minimum atomic E-state index is -4.00. The number of hydrogen-bond donors (Lipinski definition) is 1. The minimum absolute atomic E-state index is 0.0584. The number of ether oxygens (including phenoxy) is 2. The van der Waals surface area contributed by atoms with Gasteiger partial charge in [0, 0.05) is 16.6 Å². The summed E-state index contributed by atoms with van der Waals surface area (Å²) in [5.74, 6) is 0.373. The lowest BCUT2D eigenvalue weighted by molar-refractivity contribution is -0.127. The van der Waals surface area contributed by atoms with Crippen molar-refractivity contribution in [1.29, 1.82) is 0 Å². The zero-order valence-corrected chi connectivity index (χ0v) is 20.5. The van der Waals surface area contributed by atoms with E-state index in [0.29, 0.717) is 28.8 Å². The van der Waals surface area contributed by atoms with Crippen molar-refractivity contribution in [3.8, 4) is 11.5 Å². The third-order valence-electron chi connectivity index (χ3n) is 5.36. The number of carbonyl (C=O) groups excluding carboxylic acids is 1. The van der Waals surface area contributed by atoms with E-state index in [1.54, 1.807) is 36.4 Å². The molecule has 0 aliphatic carbocycles. The molecule has 0 saturated carbocycles. The SMILES string of the molecule is COc1ccc(S(=O)(=O)N2CC(C(=O)NCCc3ccc(Cl)cc3)Oc3ccc(Cl)cc32)cc1. The van der Waals surface area contributed by atoms with E-state index in [1.807, 2.05) is 12.1 Å². The number of benzene rings is 3. The van der Waals surface area contributed by atoms with Gasteiger partial charge in [0.1, 0.15) is 11.5 Å². The highest BCUT2D eigenvalue weighted by atomic mass is 35.5. The van der Waals surface area contributed by atoms with E-state index < -0.39 is 22.0 Å². The normalized spacial score (nSPS) is 15.3. The molecule has 34 heavy (non-hydrogen) atoms. The van der Waals surface area contributed by atoms with Gasteiger partial charge in [-0.25, -0.2) is 8.42 Å². The van der Waals surface area contributed by atoms with Gasteiger partial charge in [-0.05, 0) is 66.6 Å². The summed E-state index contributed by atoms with van der Waals surface area (Å²) in [5, 5.41) is 3.81. The highest BCUT2D eigenvalue weighted by Gasteiger charge is 2.37. The van der Waals surface area contributed by atoms with Crippen LogP contribution in [-0.4, -0.2) is 40.6 Å². The molecule has 1 aliphatic heterocycles. The molecule has 1 heterocycles. The maximum atomic E-state index is 13.5. The van der Waals surface area contributed by atoms with Crippen LogP contribution in [0.3, 0.4) is 0 Å². The number of hydrogen-bond acceptors (Lipinski definition) is 5. The summed E-state index contributed by atoms with van der Waals surface area (Å²) in [4.78, 5) is 12.9. The van der Waals surface area contributed by atoms with Crippen molar-refractivity contribution in [2.24, 2.45) is 0 Å². The van der Waals surface area contributed by atoms with Gasteiger partial charge in [-0.3, -0.25) is 9.10 Å². The summed E-state index contributed by atoms with van der Waals surface area (Å²) in [7, 11) is -2.50.